The maximum atomic E-state index is 9.60. The van der Waals surface area contributed by atoms with Crippen LogP contribution in [0.1, 0.15) is 6.42 Å². The Kier molecular flexibility index (Phi) is 4.08. The van der Waals surface area contributed by atoms with Crippen molar-refractivity contribution >= 4 is 0 Å². The molecule has 0 spiro atoms. The molecule has 0 radical (unpaired) electrons. The van der Waals surface area contributed by atoms with Crippen molar-refractivity contribution in [3.8, 4) is 0 Å². The van der Waals surface area contributed by atoms with Crippen molar-refractivity contribution in [3.63, 3.8) is 0 Å². The average molecular weight is 191 g/mol. The number of aliphatic hydroxyl groups is 1. The Morgan fingerprint density at radius 3 is 2.77 bits per heavy atom. The van der Waals surface area contributed by atoms with Crippen LogP contribution in [0, 0.1) is 0 Å². The van der Waals surface area contributed by atoms with E-state index < -0.39 is 12.3 Å². The molecular weight excluding hydrogens is 174 g/mol. The number of methoxy groups -OCH3 is 2. The molecule has 0 aromatic rings. The first-order valence-corrected chi connectivity index (χ1v) is 4.30. The van der Waals surface area contributed by atoms with Gasteiger partial charge in [0.25, 0.3) is 0 Å². The van der Waals surface area contributed by atoms with Crippen LogP contribution in [0.5, 0.6) is 0 Å². The molecule has 1 rings (SSSR count). The molecule has 78 valence electrons. The van der Waals surface area contributed by atoms with E-state index in [9.17, 15) is 5.11 Å². The Hall–Kier alpha value is -0.200. The Morgan fingerprint density at radius 1 is 1.54 bits per heavy atom. The highest BCUT2D eigenvalue weighted by molar-refractivity contribution is 4.84. The fraction of sp³-hybridized carbons (Fsp3) is 1.00. The van der Waals surface area contributed by atoms with Crippen molar-refractivity contribution in [2.24, 2.45) is 5.73 Å². The van der Waals surface area contributed by atoms with Gasteiger partial charge in [-0.1, -0.05) is 0 Å². The molecule has 13 heavy (non-hydrogen) atoms. The second-order valence-electron chi connectivity index (χ2n) is 3.17. The van der Waals surface area contributed by atoms with Crippen LogP contribution in [-0.4, -0.2) is 50.5 Å². The van der Waals surface area contributed by atoms with Gasteiger partial charge in [-0.2, -0.15) is 0 Å². The van der Waals surface area contributed by atoms with Crippen LogP contribution in [0.4, 0.5) is 0 Å². The van der Waals surface area contributed by atoms with E-state index in [1.165, 1.54) is 7.11 Å². The molecule has 1 aliphatic heterocycles. The SMILES string of the molecule is COCC1OC(N)CC(O)C1OC. The highest BCUT2D eigenvalue weighted by Gasteiger charge is 2.36. The van der Waals surface area contributed by atoms with Crippen LogP contribution in [0.15, 0.2) is 0 Å². The second-order valence-corrected chi connectivity index (χ2v) is 3.17. The van der Waals surface area contributed by atoms with Gasteiger partial charge in [-0.05, 0) is 0 Å². The highest BCUT2D eigenvalue weighted by atomic mass is 16.6. The van der Waals surface area contributed by atoms with Crippen molar-refractivity contribution < 1.29 is 19.3 Å². The summed E-state index contributed by atoms with van der Waals surface area (Å²) in [5.41, 5.74) is 5.57. The van der Waals surface area contributed by atoms with Gasteiger partial charge in [0, 0.05) is 20.6 Å². The van der Waals surface area contributed by atoms with Crippen LogP contribution in [0.25, 0.3) is 0 Å². The minimum atomic E-state index is -0.575. The third-order valence-corrected chi connectivity index (χ3v) is 2.17. The number of hydrogen-bond acceptors (Lipinski definition) is 5. The minimum absolute atomic E-state index is 0.284. The summed E-state index contributed by atoms with van der Waals surface area (Å²) in [6, 6.07) is 0. The number of aliphatic hydroxyl groups excluding tert-OH is 1. The van der Waals surface area contributed by atoms with Gasteiger partial charge in [0.1, 0.15) is 18.4 Å². The monoisotopic (exact) mass is 191 g/mol. The van der Waals surface area contributed by atoms with Crippen LogP contribution in [0.2, 0.25) is 0 Å². The number of nitrogens with two attached hydrogens (primary N) is 1. The molecule has 4 unspecified atom stereocenters. The first-order valence-electron chi connectivity index (χ1n) is 4.30. The average Bonchev–Trinajstić information content (AvgIpc) is 2.04. The molecular formula is C8H17NO4. The van der Waals surface area contributed by atoms with Gasteiger partial charge in [-0.15, -0.1) is 0 Å². The van der Waals surface area contributed by atoms with Crippen molar-refractivity contribution in [3.05, 3.63) is 0 Å². The third-order valence-electron chi connectivity index (χ3n) is 2.17. The normalized spacial score (nSPS) is 40.6. The second kappa shape index (κ2) is 4.88. The summed E-state index contributed by atoms with van der Waals surface area (Å²) >= 11 is 0. The Balaban J connectivity index is 2.54. The lowest BCUT2D eigenvalue weighted by atomic mass is 10.0. The van der Waals surface area contributed by atoms with E-state index >= 15 is 0 Å². The van der Waals surface area contributed by atoms with E-state index in [0.29, 0.717) is 13.0 Å². The molecule has 0 saturated carbocycles. The number of hydrogen-bond donors (Lipinski definition) is 2. The van der Waals surface area contributed by atoms with Gasteiger partial charge in [0.05, 0.1) is 12.7 Å². The minimum Gasteiger partial charge on any atom is -0.390 e. The van der Waals surface area contributed by atoms with Gasteiger partial charge in [0.2, 0.25) is 0 Å². The van der Waals surface area contributed by atoms with Crippen LogP contribution in [-0.2, 0) is 14.2 Å². The van der Waals surface area contributed by atoms with Crippen LogP contribution < -0.4 is 5.73 Å². The summed E-state index contributed by atoms with van der Waals surface area (Å²) in [6.07, 6.45) is -1.23. The summed E-state index contributed by atoms with van der Waals surface area (Å²) in [5, 5.41) is 9.60. The number of ether oxygens (including phenoxy) is 3. The van der Waals surface area contributed by atoms with Gasteiger partial charge in [-0.3, -0.25) is 0 Å². The molecule has 0 amide bonds. The predicted molar refractivity (Wildman–Crippen MR) is 46.1 cm³/mol. The van der Waals surface area contributed by atoms with Crippen LogP contribution in [0.3, 0.4) is 0 Å². The highest BCUT2D eigenvalue weighted by Crippen LogP contribution is 2.20. The van der Waals surface area contributed by atoms with E-state index in [2.05, 4.69) is 0 Å². The molecule has 1 fully saturated rings. The maximum absolute atomic E-state index is 9.60. The standard InChI is InChI=1S/C8H17NO4/c1-11-4-6-8(12-2)5(10)3-7(9)13-6/h5-8,10H,3-4,9H2,1-2H3. The summed E-state index contributed by atoms with van der Waals surface area (Å²) in [7, 11) is 3.11. The zero-order valence-electron chi connectivity index (χ0n) is 7.97. The quantitative estimate of drug-likeness (QED) is 0.603. The zero-order chi connectivity index (χ0) is 9.84. The van der Waals surface area contributed by atoms with Gasteiger partial charge in [0.15, 0.2) is 0 Å². The largest absolute Gasteiger partial charge is 0.390 e. The van der Waals surface area contributed by atoms with E-state index in [4.69, 9.17) is 19.9 Å². The van der Waals surface area contributed by atoms with Crippen LogP contribution >= 0.6 is 0 Å². The fourth-order valence-corrected chi connectivity index (χ4v) is 1.58. The van der Waals surface area contributed by atoms with Gasteiger partial charge in [-0.25, -0.2) is 0 Å². The smallest absolute Gasteiger partial charge is 0.112 e. The Bertz CT molecular complexity index is 155. The molecule has 0 aliphatic carbocycles. The molecule has 0 aromatic carbocycles. The summed E-state index contributed by atoms with van der Waals surface area (Å²) in [6.45, 7) is 0.378. The topological polar surface area (TPSA) is 73.9 Å². The van der Waals surface area contributed by atoms with Crippen molar-refractivity contribution in [2.45, 2.75) is 31.0 Å². The molecule has 5 heteroatoms. The lowest BCUT2D eigenvalue weighted by Gasteiger charge is -2.37. The maximum Gasteiger partial charge on any atom is 0.112 e. The summed E-state index contributed by atoms with van der Waals surface area (Å²) < 4.78 is 15.4. The van der Waals surface area contributed by atoms with Gasteiger partial charge >= 0.3 is 0 Å². The molecule has 1 heterocycles. The molecule has 5 nitrogen and oxygen atoms in total. The first kappa shape index (κ1) is 10.9. The molecule has 3 N–H and O–H groups in total. The van der Waals surface area contributed by atoms with Gasteiger partial charge < -0.3 is 25.1 Å². The molecule has 4 atom stereocenters. The lowest BCUT2D eigenvalue weighted by molar-refractivity contribution is -0.190. The van der Waals surface area contributed by atoms with Crippen molar-refractivity contribution in [2.75, 3.05) is 20.8 Å². The fourth-order valence-electron chi connectivity index (χ4n) is 1.58. The zero-order valence-corrected chi connectivity index (χ0v) is 7.97. The number of rotatable bonds is 3. The van der Waals surface area contributed by atoms with E-state index in [1.54, 1.807) is 7.11 Å². The lowest BCUT2D eigenvalue weighted by Crippen LogP contribution is -2.53. The van der Waals surface area contributed by atoms with E-state index in [0.717, 1.165) is 0 Å². The third kappa shape index (κ3) is 2.62. The molecule has 0 bridgehead atoms. The van der Waals surface area contributed by atoms with Crippen molar-refractivity contribution in [1.82, 2.24) is 0 Å². The van der Waals surface area contributed by atoms with Crippen molar-refractivity contribution in [1.29, 1.82) is 0 Å². The molecule has 0 aromatic heterocycles. The van der Waals surface area contributed by atoms with E-state index in [-0.39, 0.29) is 12.2 Å². The summed E-state index contributed by atoms with van der Waals surface area (Å²) in [4.78, 5) is 0. The Labute approximate surface area is 77.8 Å². The molecule has 1 aliphatic rings. The summed E-state index contributed by atoms with van der Waals surface area (Å²) in [5.74, 6) is 0. The molecule has 1 saturated heterocycles. The predicted octanol–water partition coefficient (Wildman–Crippen LogP) is -0.918. The first-order chi connectivity index (χ1) is 6.19. The van der Waals surface area contributed by atoms with E-state index in [1.807, 2.05) is 0 Å². The Morgan fingerprint density at radius 2 is 2.23 bits per heavy atom.